The molecule has 0 radical (unpaired) electrons. The van der Waals surface area contributed by atoms with E-state index in [2.05, 4.69) is 0 Å². The number of rotatable bonds is 1. The van der Waals surface area contributed by atoms with Crippen LogP contribution in [0.3, 0.4) is 0 Å². The van der Waals surface area contributed by atoms with Gasteiger partial charge in [0.25, 0.3) is 0 Å². The van der Waals surface area contributed by atoms with E-state index in [0.717, 1.165) is 22.3 Å². The van der Waals surface area contributed by atoms with Crippen molar-refractivity contribution in [1.29, 1.82) is 0 Å². The maximum absolute atomic E-state index is 10.5. The summed E-state index contributed by atoms with van der Waals surface area (Å²) in [5.41, 5.74) is 3.60. The summed E-state index contributed by atoms with van der Waals surface area (Å²) in [6.07, 6.45) is 0. The maximum atomic E-state index is 10.5. The second-order valence-corrected chi connectivity index (χ2v) is 5.46. The first-order chi connectivity index (χ1) is 10.2. The summed E-state index contributed by atoms with van der Waals surface area (Å²) in [4.78, 5) is 0. The van der Waals surface area contributed by atoms with Crippen molar-refractivity contribution in [3.05, 3.63) is 47.5 Å². The molecule has 1 N–H and O–H groups in total. The summed E-state index contributed by atoms with van der Waals surface area (Å²) in [5, 5.41) is 10.5. The number of hydrogen-bond donors (Lipinski definition) is 1. The highest BCUT2D eigenvalue weighted by atomic mass is 16.7. The summed E-state index contributed by atoms with van der Waals surface area (Å²) in [6, 6.07) is 11.5. The standard InChI is InChI=1S/C17H16O4/c1-17(20-6-7-21-17)12-8-14(18)16-13-5-3-2-4-11(13)10-19-15(16)9-12/h2-5,8-9,18H,6-7,10H2,1H3. The fourth-order valence-electron chi connectivity index (χ4n) is 2.97. The molecule has 1 fully saturated rings. The van der Waals surface area contributed by atoms with Crippen LogP contribution in [0.15, 0.2) is 36.4 Å². The number of hydrogen-bond acceptors (Lipinski definition) is 4. The van der Waals surface area contributed by atoms with Gasteiger partial charge in [0.05, 0.1) is 18.8 Å². The molecule has 0 bridgehead atoms. The van der Waals surface area contributed by atoms with Gasteiger partial charge in [0.15, 0.2) is 5.79 Å². The van der Waals surface area contributed by atoms with Crippen LogP contribution in [0.25, 0.3) is 11.1 Å². The molecular weight excluding hydrogens is 268 g/mol. The molecule has 0 spiro atoms. The van der Waals surface area contributed by atoms with Gasteiger partial charge in [0.2, 0.25) is 0 Å². The lowest BCUT2D eigenvalue weighted by molar-refractivity contribution is -0.149. The smallest absolute Gasteiger partial charge is 0.192 e. The highest BCUT2D eigenvalue weighted by Crippen LogP contribution is 2.46. The number of fused-ring (bicyclic) bond motifs is 3. The Hall–Kier alpha value is -2.04. The van der Waals surface area contributed by atoms with Gasteiger partial charge in [-0.2, -0.15) is 0 Å². The third-order valence-corrected chi connectivity index (χ3v) is 4.11. The second-order valence-electron chi connectivity index (χ2n) is 5.46. The Kier molecular flexibility index (Phi) is 2.71. The highest BCUT2D eigenvalue weighted by molar-refractivity contribution is 5.80. The summed E-state index contributed by atoms with van der Waals surface area (Å²) in [5.74, 6) is 0.0475. The molecule has 0 saturated carbocycles. The first-order valence-electron chi connectivity index (χ1n) is 7.04. The Labute approximate surface area is 122 Å². The van der Waals surface area contributed by atoms with Gasteiger partial charge in [-0.1, -0.05) is 24.3 Å². The lowest BCUT2D eigenvalue weighted by Crippen LogP contribution is -2.22. The Bertz CT molecular complexity index is 702. The monoisotopic (exact) mass is 284 g/mol. The molecule has 2 aliphatic heterocycles. The van der Waals surface area contributed by atoms with Gasteiger partial charge < -0.3 is 19.3 Å². The van der Waals surface area contributed by atoms with Crippen LogP contribution < -0.4 is 4.74 Å². The number of phenols is 1. The lowest BCUT2D eigenvalue weighted by Gasteiger charge is -2.27. The Morgan fingerprint density at radius 3 is 2.67 bits per heavy atom. The van der Waals surface area contributed by atoms with Gasteiger partial charge in [-0.05, 0) is 30.2 Å². The van der Waals surface area contributed by atoms with Gasteiger partial charge in [-0.25, -0.2) is 0 Å². The Balaban J connectivity index is 1.87. The molecule has 4 heteroatoms. The van der Waals surface area contributed by atoms with Crippen LogP contribution in [0.5, 0.6) is 11.5 Å². The minimum absolute atomic E-state index is 0.190. The zero-order chi connectivity index (χ0) is 14.4. The minimum atomic E-state index is -0.813. The van der Waals surface area contributed by atoms with Crippen LogP contribution in [0.4, 0.5) is 0 Å². The maximum Gasteiger partial charge on any atom is 0.192 e. The van der Waals surface area contributed by atoms with Crippen LogP contribution in [0, 0.1) is 0 Å². The molecule has 108 valence electrons. The molecule has 2 aromatic carbocycles. The first kappa shape index (κ1) is 12.7. The lowest BCUT2D eigenvalue weighted by atomic mass is 9.93. The normalized spacial score (nSPS) is 18.7. The molecule has 0 aliphatic carbocycles. The van der Waals surface area contributed by atoms with E-state index in [1.807, 2.05) is 37.3 Å². The average molecular weight is 284 g/mol. The fraction of sp³-hybridized carbons (Fsp3) is 0.294. The zero-order valence-electron chi connectivity index (χ0n) is 11.8. The van der Waals surface area contributed by atoms with E-state index in [1.54, 1.807) is 6.07 Å². The largest absolute Gasteiger partial charge is 0.507 e. The molecule has 21 heavy (non-hydrogen) atoms. The summed E-state index contributed by atoms with van der Waals surface area (Å²) >= 11 is 0. The average Bonchev–Trinajstić information content (AvgIpc) is 2.95. The molecule has 4 rings (SSSR count). The molecule has 2 heterocycles. The predicted molar refractivity (Wildman–Crippen MR) is 77.1 cm³/mol. The fourth-order valence-corrected chi connectivity index (χ4v) is 2.97. The Morgan fingerprint density at radius 1 is 1.10 bits per heavy atom. The number of ether oxygens (including phenoxy) is 3. The molecule has 0 amide bonds. The molecule has 4 nitrogen and oxygen atoms in total. The van der Waals surface area contributed by atoms with Crippen molar-refractivity contribution in [3.63, 3.8) is 0 Å². The van der Waals surface area contributed by atoms with Crippen molar-refractivity contribution in [2.24, 2.45) is 0 Å². The highest BCUT2D eigenvalue weighted by Gasteiger charge is 2.35. The third-order valence-electron chi connectivity index (χ3n) is 4.11. The molecule has 1 saturated heterocycles. The molecule has 2 aromatic rings. The zero-order valence-corrected chi connectivity index (χ0v) is 11.8. The van der Waals surface area contributed by atoms with E-state index in [-0.39, 0.29) is 5.75 Å². The van der Waals surface area contributed by atoms with Crippen LogP contribution in [-0.4, -0.2) is 18.3 Å². The van der Waals surface area contributed by atoms with Crippen molar-refractivity contribution in [3.8, 4) is 22.6 Å². The molecule has 0 atom stereocenters. The van der Waals surface area contributed by atoms with Gasteiger partial charge in [0, 0.05) is 5.56 Å². The van der Waals surface area contributed by atoms with Crippen molar-refractivity contribution >= 4 is 0 Å². The van der Waals surface area contributed by atoms with Crippen LogP contribution >= 0.6 is 0 Å². The second kappa shape index (κ2) is 4.48. The predicted octanol–water partition coefficient (Wildman–Crippen LogP) is 3.17. The van der Waals surface area contributed by atoms with Gasteiger partial charge >= 0.3 is 0 Å². The van der Waals surface area contributed by atoms with E-state index in [4.69, 9.17) is 14.2 Å². The molecule has 0 aromatic heterocycles. The van der Waals surface area contributed by atoms with Gasteiger partial charge in [-0.3, -0.25) is 0 Å². The molecule has 0 unspecified atom stereocenters. The van der Waals surface area contributed by atoms with Gasteiger partial charge in [-0.15, -0.1) is 0 Å². The quantitative estimate of drug-likeness (QED) is 0.873. The first-order valence-corrected chi connectivity index (χ1v) is 7.04. The molecule has 2 aliphatic rings. The number of phenolic OH excluding ortho intramolecular Hbond substituents is 1. The van der Waals surface area contributed by atoms with E-state index in [0.29, 0.717) is 25.6 Å². The van der Waals surface area contributed by atoms with Crippen molar-refractivity contribution in [2.45, 2.75) is 19.3 Å². The van der Waals surface area contributed by atoms with Crippen LogP contribution in [-0.2, 0) is 21.9 Å². The Morgan fingerprint density at radius 2 is 1.86 bits per heavy atom. The molecular formula is C17H16O4. The number of aromatic hydroxyl groups is 1. The van der Waals surface area contributed by atoms with Crippen LogP contribution in [0.1, 0.15) is 18.1 Å². The van der Waals surface area contributed by atoms with Crippen molar-refractivity contribution in [1.82, 2.24) is 0 Å². The van der Waals surface area contributed by atoms with E-state index in [1.165, 1.54) is 0 Å². The summed E-state index contributed by atoms with van der Waals surface area (Å²) in [7, 11) is 0. The third kappa shape index (κ3) is 1.91. The minimum Gasteiger partial charge on any atom is -0.507 e. The number of benzene rings is 2. The van der Waals surface area contributed by atoms with Gasteiger partial charge in [0.1, 0.15) is 18.1 Å². The van der Waals surface area contributed by atoms with Crippen molar-refractivity contribution in [2.75, 3.05) is 13.2 Å². The van der Waals surface area contributed by atoms with E-state index >= 15 is 0 Å². The van der Waals surface area contributed by atoms with Crippen molar-refractivity contribution < 1.29 is 19.3 Å². The topological polar surface area (TPSA) is 47.9 Å². The van der Waals surface area contributed by atoms with E-state index < -0.39 is 5.79 Å². The summed E-state index contributed by atoms with van der Waals surface area (Å²) < 4.78 is 17.1. The van der Waals surface area contributed by atoms with E-state index in [9.17, 15) is 5.11 Å². The summed E-state index contributed by atoms with van der Waals surface area (Å²) in [6.45, 7) is 3.47. The SMILES string of the molecule is CC1(c2cc(O)c3c(c2)OCc2ccccc2-3)OCCO1. The van der Waals surface area contributed by atoms with Crippen LogP contribution in [0.2, 0.25) is 0 Å².